The predicted molar refractivity (Wildman–Crippen MR) is 272 cm³/mol. The van der Waals surface area contributed by atoms with Crippen LogP contribution in [-0.2, 0) is 52.8 Å². The second-order valence-corrected chi connectivity index (χ2v) is 20.0. The SMILES string of the molecule is CC(O)[C@@H]1NC(=O)[C@H](CCCCN)NC(=O)[C@@H](Cc2c[nH]c3ccccc23)NC(=O)[C@H](Cc2ccccc2)NC(=O)[C@@H](NC(=O)C(N)Cc2ccccc2)CSSC[C@@H](C(=O)N[C@H](CO)[C@@H](C)O)NC1=O. The molecule has 2 heterocycles. The van der Waals surface area contributed by atoms with Crippen molar-refractivity contribution in [1.82, 2.24) is 42.2 Å². The fraction of sp³-hybridized carbons (Fsp3) is 0.449. The Kier molecular flexibility index (Phi) is 22.2. The fourth-order valence-electron chi connectivity index (χ4n) is 7.73. The van der Waals surface area contributed by atoms with Gasteiger partial charge in [0, 0.05) is 41.4 Å². The van der Waals surface area contributed by atoms with Crippen molar-refractivity contribution in [2.24, 2.45) is 11.5 Å². The molecule has 0 bridgehead atoms. The number of hydrogen-bond acceptors (Lipinski definition) is 14. The molecule has 20 nitrogen and oxygen atoms in total. The van der Waals surface area contributed by atoms with E-state index in [1.54, 1.807) is 60.8 Å². The Morgan fingerprint density at radius 3 is 1.96 bits per heavy atom. The molecule has 1 aromatic heterocycles. The van der Waals surface area contributed by atoms with E-state index in [1.807, 2.05) is 30.3 Å². The Morgan fingerprint density at radius 1 is 0.718 bits per heavy atom. The molecule has 4 aromatic rings. The molecule has 71 heavy (non-hydrogen) atoms. The highest BCUT2D eigenvalue weighted by Gasteiger charge is 2.36. The van der Waals surface area contributed by atoms with E-state index in [4.69, 9.17) is 11.5 Å². The number of fused-ring (bicyclic) bond motifs is 1. The lowest BCUT2D eigenvalue weighted by atomic mass is 10.0. The van der Waals surface area contributed by atoms with Crippen LogP contribution in [0.5, 0.6) is 0 Å². The monoisotopic (exact) mass is 1020 g/mol. The van der Waals surface area contributed by atoms with Crippen LogP contribution in [0.3, 0.4) is 0 Å². The Balaban J connectivity index is 1.56. The minimum atomic E-state index is -1.66. The van der Waals surface area contributed by atoms with Crippen molar-refractivity contribution >= 4 is 73.8 Å². The van der Waals surface area contributed by atoms with E-state index in [-0.39, 0.29) is 43.7 Å². The lowest BCUT2D eigenvalue weighted by Crippen LogP contribution is -2.62. The summed E-state index contributed by atoms with van der Waals surface area (Å²) in [5, 5.41) is 50.5. The second-order valence-electron chi connectivity index (χ2n) is 17.5. The van der Waals surface area contributed by atoms with Crippen molar-refractivity contribution in [3.8, 4) is 0 Å². The third-order valence-corrected chi connectivity index (χ3v) is 14.3. The summed E-state index contributed by atoms with van der Waals surface area (Å²) < 4.78 is 0. The molecule has 1 fully saturated rings. The molecule has 22 heteroatoms. The summed E-state index contributed by atoms with van der Waals surface area (Å²) in [5.41, 5.74) is 15.0. The molecular formula is C49H66N10O10S2. The third kappa shape index (κ3) is 17.1. The number of aliphatic hydroxyl groups is 3. The van der Waals surface area contributed by atoms with Crippen LogP contribution >= 0.6 is 21.6 Å². The zero-order chi connectivity index (χ0) is 51.5. The first-order valence-electron chi connectivity index (χ1n) is 23.5. The quantitative estimate of drug-likeness (QED) is 0.0455. The van der Waals surface area contributed by atoms with E-state index in [0.717, 1.165) is 38.1 Å². The van der Waals surface area contributed by atoms with Gasteiger partial charge in [0.25, 0.3) is 0 Å². The van der Waals surface area contributed by atoms with E-state index >= 15 is 0 Å². The topological polar surface area (TPSA) is 332 Å². The van der Waals surface area contributed by atoms with Crippen molar-refractivity contribution in [2.75, 3.05) is 24.7 Å². The molecule has 10 atom stereocenters. The summed E-state index contributed by atoms with van der Waals surface area (Å²) in [6.45, 7) is 2.23. The number of aliphatic hydroxyl groups excluding tert-OH is 3. The molecule has 0 spiro atoms. The Labute approximate surface area is 420 Å². The molecule has 5 rings (SSSR count). The maximum absolute atomic E-state index is 14.7. The molecule has 1 aliphatic rings. The van der Waals surface area contributed by atoms with Gasteiger partial charge in [0.1, 0.15) is 36.3 Å². The van der Waals surface area contributed by atoms with E-state index < -0.39 is 108 Å². The largest absolute Gasteiger partial charge is 0.394 e. The lowest BCUT2D eigenvalue weighted by molar-refractivity contribution is -0.136. The number of nitrogens with one attached hydrogen (secondary N) is 8. The molecule has 384 valence electrons. The van der Waals surface area contributed by atoms with Crippen LogP contribution in [0.1, 0.15) is 49.8 Å². The minimum Gasteiger partial charge on any atom is -0.394 e. The molecule has 15 N–H and O–H groups in total. The van der Waals surface area contributed by atoms with Gasteiger partial charge in [-0.3, -0.25) is 33.6 Å². The summed E-state index contributed by atoms with van der Waals surface area (Å²) in [6, 6.07) is 14.6. The van der Waals surface area contributed by atoms with Crippen LogP contribution in [0.4, 0.5) is 0 Å². The lowest BCUT2D eigenvalue weighted by Gasteiger charge is -2.29. The van der Waals surface area contributed by atoms with Crippen LogP contribution in [0.25, 0.3) is 10.9 Å². The number of aromatic amines is 1. The zero-order valence-corrected chi connectivity index (χ0v) is 41.3. The van der Waals surface area contributed by atoms with Crippen molar-refractivity contribution < 1.29 is 48.9 Å². The summed E-state index contributed by atoms with van der Waals surface area (Å²) in [6.07, 6.45) is -0.156. The minimum absolute atomic E-state index is 0.0340. The number of nitrogens with two attached hydrogens (primary N) is 2. The molecule has 7 amide bonds. The first kappa shape index (κ1) is 55.9. The van der Waals surface area contributed by atoms with E-state index in [2.05, 4.69) is 42.2 Å². The van der Waals surface area contributed by atoms with Crippen molar-refractivity contribution in [3.05, 3.63) is 108 Å². The number of aromatic nitrogens is 1. The Morgan fingerprint density at radius 2 is 1.31 bits per heavy atom. The van der Waals surface area contributed by atoms with E-state index in [1.165, 1.54) is 13.8 Å². The average Bonchev–Trinajstić information content (AvgIpc) is 3.76. The molecule has 1 aliphatic heterocycles. The van der Waals surface area contributed by atoms with Gasteiger partial charge in [-0.15, -0.1) is 0 Å². The van der Waals surface area contributed by atoms with Gasteiger partial charge in [0.2, 0.25) is 41.4 Å². The summed E-state index contributed by atoms with van der Waals surface area (Å²) in [7, 11) is 2.06. The van der Waals surface area contributed by atoms with Gasteiger partial charge >= 0.3 is 0 Å². The fourth-order valence-corrected chi connectivity index (χ4v) is 10.1. The summed E-state index contributed by atoms with van der Waals surface area (Å²) in [5.74, 6) is -6.01. The first-order chi connectivity index (χ1) is 34.1. The Bertz CT molecular complexity index is 2400. The number of unbranched alkanes of at least 4 members (excludes halogenated alkanes) is 1. The normalized spacial score (nSPS) is 22.8. The van der Waals surface area contributed by atoms with Crippen molar-refractivity contribution in [1.29, 1.82) is 0 Å². The first-order valence-corrected chi connectivity index (χ1v) is 26.0. The standard InChI is InChI=1S/C49H66N10O10S2/c1-28(61)39(25-60)56-48(68)41-27-71-70-26-40(57-43(63)34(51)21-30-13-5-3-6-14-30)47(67)54-37(22-31-15-7-4-8-16-31)45(65)55-38(23-32-24-52-35-18-10-9-17-33(32)35)46(66)53-36(19-11-12-20-50)44(64)59-42(29(2)62)49(69)58-41/h3-10,13-18,24,28-29,34,36-42,52,60-62H,11-12,19-23,25-27,50-51H2,1-2H3,(H,53,66)(H,54,67)(H,55,65)(H,56,68)(H,57,63)(H,58,69)(H,59,64)/t28-,29?,34?,36+,37+,38-,39-,40+,41+,42+/m1/s1. The van der Waals surface area contributed by atoms with Gasteiger partial charge in [-0.25, -0.2) is 0 Å². The molecule has 2 unspecified atom stereocenters. The number of para-hydroxylation sites is 1. The number of carbonyl (C=O) groups is 7. The smallest absolute Gasteiger partial charge is 0.245 e. The summed E-state index contributed by atoms with van der Waals surface area (Å²) in [4.78, 5) is 103. The maximum Gasteiger partial charge on any atom is 0.245 e. The molecule has 0 saturated carbocycles. The van der Waals surface area contributed by atoms with Gasteiger partial charge in [0.05, 0.1) is 30.9 Å². The van der Waals surface area contributed by atoms with Crippen molar-refractivity contribution in [3.63, 3.8) is 0 Å². The van der Waals surface area contributed by atoms with Gasteiger partial charge in [-0.05, 0) is 68.8 Å². The zero-order valence-electron chi connectivity index (χ0n) is 39.7. The van der Waals surface area contributed by atoms with Crippen LogP contribution in [0, 0.1) is 0 Å². The third-order valence-electron chi connectivity index (χ3n) is 11.9. The molecule has 0 radical (unpaired) electrons. The highest BCUT2D eigenvalue weighted by atomic mass is 33.1. The van der Waals surface area contributed by atoms with Gasteiger partial charge in [-0.2, -0.15) is 0 Å². The molecule has 3 aromatic carbocycles. The van der Waals surface area contributed by atoms with Crippen LogP contribution in [0.2, 0.25) is 0 Å². The van der Waals surface area contributed by atoms with E-state index in [9.17, 15) is 48.9 Å². The number of H-pyrrole nitrogens is 1. The number of hydrogen-bond donors (Lipinski definition) is 13. The molecular weight excluding hydrogens is 953 g/mol. The number of benzene rings is 3. The second kappa shape index (κ2) is 28.1. The predicted octanol–water partition coefficient (Wildman–Crippen LogP) is -0.805. The maximum atomic E-state index is 14.7. The van der Waals surface area contributed by atoms with Crippen LogP contribution in [-0.4, -0.2) is 147 Å². The van der Waals surface area contributed by atoms with E-state index in [0.29, 0.717) is 24.0 Å². The molecule has 0 aliphatic carbocycles. The van der Waals surface area contributed by atoms with Crippen LogP contribution in [0.15, 0.2) is 91.1 Å². The molecule has 1 saturated heterocycles. The number of rotatable bonds is 17. The number of carbonyl (C=O) groups excluding carboxylic acids is 7. The van der Waals surface area contributed by atoms with Crippen molar-refractivity contribution in [2.45, 2.75) is 113 Å². The Hall–Kier alpha value is -6.01. The average molecular weight is 1020 g/mol. The highest BCUT2D eigenvalue weighted by molar-refractivity contribution is 8.76. The van der Waals surface area contributed by atoms with Gasteiger partial charge < -0.3 is 69.0 Å². The highest BCUT2D eigenvalue weighted by Crippen LogP contribution is 2.24. The number of amides is 7. The summed E-state index contributed by atoms with van der Waals surface area (Å²) >= 11 is 0. The van der Waals surface area contributed by atoms with Crippen LogP contribution < -0.4 is 48.7 Å². The van der Waals surface area contributed by atoms with Gasteiger partial charge in [-0.1, -0.05) is 100 Å². The van der Waals surface area contributed by atoms with Gasteiger partial charge in [0.15, 0.2) is 0 Å².